The Hall–Kier alpha value is -3.01. The van der Waals surface area contributed by atoms with E-state index in [1.54, 1.807) is 0 Å². The van der Waals surface area contributed by atoms with Crippen LogP contribution in [0.1, 0.15) is 42.9 Å². The molecular weight excluding hydrogens is 468 g/mol. The predicted octanol–water partition coefficient (Wildman–Crippen LogP) is 3.07. The Balaban J connectivity index is 1.52. The second kappa shape index (κ2) is 9.56. The van der Waals surface area contributed by atoms with Crippen LogP contribution in [0.3, 0.4) is 0 Å². The van der Waals surface area contributed by atoms with E-state index < -0.39 is 27.8 Å². The summed E-state index contributed by atoms with van der Waals surface area (Å²) in [6, 6.07) is 14.2. The van der Waals surface area contributed by atoms with E-state index in [1.165, 1.54) is 33.5 Å². The number of ketones is 1. The SMILES string of the molecule is O=C1C(=O)N(CC2CCCO2)C(c2ccccc2)/C1=C(\O)c1ccc(S(=O)(=O)N2CCCC2)cc1. The highest BCUT2D eigenvalue weighted by Crippen LogP contribution is 2.40. The van der Waals surface area contributed by atoms with Crippen LogP contribution >= 0.6 is 0 Å². The minimum Gasteiger partial charge on any atom is -0.507 e. The van der Waals surface area contributed by atoms with Crippen LogP contribution in [0, 0.1) is 0 Å². The first-order valence-electron chi connectivity index (χ1n) is 11.9. The Morgan fingerprint density at radius 2 is 1.66 bits per heavy atom. The van der Waals surface area contributed by atoms with Crippen molar-refractivity contribution in [2.24, 2.45) is 0 Å². The van der Waals surface area contributed by atoms with Gasteiger partial charge in [0.05, 0.1) is 22.6 Å². The molecule has 0 aromatic heterocycles. The Morgan fingerprint density at radius 1 is 0.971 bits per heavy atom. The number of hydrogen-bond donors (Lipinski definition) is 1. The van der Waals surface area contributed by atoms with E-state index in [9.17, 15) is 23.1 Å². The van der Waals surface area contributed by atoms with Crippen LogP contribution in [0.5, 0.6) is 0 Å². The van der Waals surface area contributed by atoms with Crippen molar-refractivity contribution in [3.8, 4) is 0 Å². The molecule has 3 aliphatic heterocycles. The van der Waals surface area contributed by atoms with Gasteiger partial charge in [-0.25, -0.2) is 8.42 Å². The zero-order valence-corrected chi connectivity index (χ0v) is 20.1. The first kappa shape index (κ1) is 23.7. The molecule has 2 atom stereocenters. The van der Waals surface area contributed by atoms with Crippen molar-refractivity contribution in [2.75, 3.05) is 26.2 Å². The lowest BCUT2D eigenvalue weighted by Gasteiger charge is -2.27. The van der Waals surface area contributed by atoms with Gasteiger partial charge in [0.25, 0.3) is 11.7 Å². The largest absolute Gasteiger partial charge is 0.507 e. The van der Waals surface area contributed by atoms with Crippen LogP contribution in [0.15, 0.2) is 65.1 Å². The first-order valence-corrected chi connectivity index (χ1v) is 13.4. The Labute approximate surface area is 204 Å². The molecule has 2 unspecified atom stereocenters. The summed E-state index contributed by atoms with van der Waals surface area (Å²) in [6.45, 7) is 1.87. The van der Waals surface area contributed by atoms with Crippen molar-refractivity contribution in [3.63, 3.8) is 0 Å². The fraction of sp³-hybridized carbons (Fsp3) is 0.385. The van der Waals surface area contributed by atoms with Gasteiger partial charge in [0, 0.05) is 31.8 Å². The highest BCUT2D eigenvalue weighted by Gasteiger charge is 2.47. The summed E-state index contributed by atoms with van der Waals surface area (Å²) >= 11 is 0. The van der Waals surface area contributed by atoms with Gasteiger partial charge in [-0.3, -0.25) is 9.59 Å². The zero-order valence-electron chi connectivity index (χ0n) is 19.3. The van der Waals surface area contributed by atoms with E-state index in [1.807, 2.05) is 30.3 Å². The number of Topliss-reactive ketones (excluding diaryl/α,β-unsaturated/α-hetero) is 1. The second-order valence-electron chi connectivity index (χ2n) is 9.13. The summed E-state index contributed by atoms with van der Waals surface area (Å²) in [6.07, 6.45) is 3.22. The number of rotatable bonds is 6. The maximum absolute atomic E-state index is 13.1. The summed E-state index contributed by atoms with van der Waals surface area (Å²) in [5.41, 5.74) is 0.982. The molecule has 3 aliphatic rings. The number of aliphatic hydroxyl groups excluding tert-OH is 1. The van der Waals surface area contributed by atoms with Gasteiger partial charge >= 0.3 is 0 Å². The average Bonchev–Trinajstić information content (AvgIpc) is 3.64. The van der Waals surface area contributed by atoms with Crippen molar-refractivity contribution >= 4 is 27.5 Å². The van der Waals surface area contributed by atoms with Gasteiger partial charge in [0.1, 0.15) is 5.76 Å². The standard InChI is InChI=1S/C26H28N2O6S/c29-24(19-10-12-21(13-11-19)35(32,33)27-14-4-5-15-27)22-23(18-7-2-1-3-8-18)28(26(31)25(22)30)17-20-9-6-16-34-20/h1-3,7-8,10-13,20,23,29H,4-6,9,14-17H2/b24-22+. The lowest BCUT2D eigenvalue weighted by Crippen LogP contribution is -2.36. The quantitative estimate of drug-likeness (QED) is 0.375. The number of hydrogen-bond acceptors (Lipinski definition) is 6. The van der Waals surface area contributed by atoms with E-state index in [0.29, 0.717) is 25.3 Å². The second-order valence-corrected chi connectivity index (χ2v) is 11.1. The molecule has 0 bridgehead atoms. The topological polar surface area (TPSA) is 104 Å². The van der Waals surface area contributed by atoms with Crippen LogP contribution < -0.4 is 0 Å². The monoisotopic (exact) mass is 496 g/mol. The molecule has 0 saturated carbocycles. The molecule has 2 aromatic rings. The smallest absolute Gasteiger partial charge is 0.295 e. The van der Waals surface area contributed by atoms with Crippen molar-refractivity contribution in [3.05, 3.63) is 71.3 Å². The number of carbonyl (C=O) groups excluding carboxylic acids is 2. The van der Waals surface area contributed by atoms with Gasteiger partial charge in [0.2, 0.25) is 10.0 Å². The van der Waals surface area contributed by atoms with E-state index >= 15 is 0 Å². The molecule has 3 heterocycles. The number of ether oxygens (including phenoxy) is 1. The number of amides is 1. The van der Waals surface area contributed by atoms with Crippen LogP contribution in [0.2, 0.25) is 0 Å². The van der Waals surface area contributed by atoms with Crippen LogP contribution in [-0.4, -0.2) is 66.8 Å². The molecule has 0 radical (unpaired) electrons. The highest BCUT2D eigenvalue weighted by molar-refractivity contribution is 7.89. The zero-order chi connectivity index (χ0) is 24.6. The number of sulfonamides is 1. The number of nitrogens with zero attached hydrogens (tertiary/aromatic N) is 2. The van der Waals surface area contributed by atoms with Gasteiger partial charge in [-0.15, -0.1) is 0 Å². The Morgan fingerprint density at radius 3 is 2.29 bits per heavy atom. The van der Waals surface area contributed by atoms with Crippen molar-refractivity contribution in [1.82, 2.24) is 9.21 Å². The van der Waals surface area contributed by atoms with Crippen molar-refractivity contribution < 1.29 is 27.9 Å². The van der Waals surface area contributed by atoms with Gasteiger partial charge in [-0.05, 0) is 55.5 Å². The summed E-state index contributed by atoms with van der Waals surface area (Å²) in [4.78, 5) is 27.8. The molecule has 1 N–H and O–H groups in total. The average molecular weight is 497 g/mol. The predicted molar refractivity (Wildman–Crippen MR) is 129 cm³/mol. The molecule has 184 valence electrons. The third-order valence-corrected chi connectivity index (χ3v) is 8.82. The van der Waals surface area contributed by atoms with Gasteiger partial charge in [0.15, 0.2) is 0 Å². The van der Waals surface area contributed by atoms with Gasteiger partial charge in [-0.2, -0.15) is 4.31 Å². The number of benzene rings is 2. The number of likely N-dealkylation sites (tertiary alicyclic amines) is 1. The van der Waals surface area contributed by atoms with Gasteiger partial charge in [-0.1, -0.05) is 30.3 Å². The summed E-state index contributed by atoms with van der Waals surface area (Å²) in [5, 5.41) is 11.2. The van der Waals surface area contributed by atoms with E-state index in [2.05, 4.69) is 0 Å². The first-order chi connectivity index (χ1) is 16.9. The number of carbonyl (C=O) groups is 2. The van der Waals surface area contributed by atoms with E-state index in [-0.39, 0.29) is 34.4 Å². The molecule has 3 saturated heterocycles. The normalized spacial score (nSPS) is 25.0. The fourth-order valence-electron chi connectivity index (χ4n) is 5.08. The number of aliphatic hydroxyl groups is 1. The van der Waals surface area contributed by atoms with Crippen LogP contribution in [0.4, 0.5) is 0 Å². The molecule has 0 aliphatic carbocycles. The summed E-state index contributed by atoms with van der Waals surface area (Å²) in [5.74, 6) is -1.76. The lowest BCUT2D eigenvalue weighted by atomic mass is 9.95. The minimum absolute atomic E-state index is 0.00523. The molecule has 1 amide bonds. The molecule has 8 nitrogen and oxygen atoms in total. The summed E-state index contributed by atoms with van der Waals surface area (Å²) in [7, 11) is -3.60. The molecule has 9 heteroatoms. The highest BCUT2D eigenvalue weighted by atomic mass is 32.2. The molecule has 3 fully saturated rings. The van der Waals surface area contributed by atoms with Gasteiger partial charge < -0.3 is 14.7 Å². The minimum atomic E-state index is -3.60. The fourth-order valence-corrected chi connectivity index (χ4v) is 6.59. The Bertz CT molecular complexity index is 1240. The lowest BCUT2D eigenvalue weighted by molar-refractivity contribution is -0.140. The van der Waals surface area contributed by atoms with Crippen molar-refractivity contribution in [2.45, 2.75) is 42.7 Å². The maximum atomic E-state index is 13.1. The summed E-state index contributed by atoms with van der Waals surface area (Å²) < 4.78 is 32.8. The molecular formula is C26H28N2O6S. The maximum Gasteiger partial charge on any atom is 0.295 e. The third-order valence-electron chi connectivity index (χ3n) is 6.91. The molecule has 0 spiro atoms. The van der Waals surface area contributed by atoms with Crippen LogP contribution in [0.25, 0.3) is 5.76 Å². The Kier molecular flexibility index (Phi) is 6.48. The molecule has 5 rings (SSSR count). The van der Waals surface area contributed by atoms with Crippen molar-refractivity contribution in [1.29, 1.82) is 0 Å². The third kappa shape index (κ3) is 4.39. The van der Waals surface area contributed by atoms with Crippen LogP contribution in [-0.2, 0) is 24.3 Å². The van der Waals surface area contributed by atoms with E-state index in [4.69, 9.17) is 4.74 Å². The molecule has 35 heavy (non-hydrogen) atoms. The van der Waals surface area contributed by atoms with E-state index in [0.717, 1.165) is 25.7 Å². The molecule has 2 aromatic carbocycles.